The van der Waals surface area contributed by atoms with E-state index < -0.39 is 24.2 Å². The van der Waals surface area contributed by atoms with Crippen molar-refractivity contribution < 1.29 is 23.5 Å². The zero-order valence-corrected chi connectivity index (χ0v) is 23.3. The maximum absolute atomic E-state index is 16.2. The van der Waals surface area contributed by atoms with Gasteiger partial charge in [-0.3, -0.25) is 9.59 Å². The van der Waals surface area contributed by atoms with E-state index in [0.29, 0.717) is 38.1 Å². The molecule has 2 aromatic rings. The number of Topliss-reactive ketones (excluding diaryl/α,β-unsaturated/α-hetero) is 1. The van der Waals surface area contributed by atoms with Crippen LogP contribution in [0.15, 0.2) is 42.2 Å². The van der Waals surface area contributed by atoms with Gasteiger partial charge < -0.3 is 29.6 Å². The molecule has 3 aliphatic heterocycles. The number of halogens is 1. The molecule has 9 heteroatoms. The standard InChI is InChI=1S/C32H39FN4O4/c33-24-16-22-29-31(27(24)35-20-7-5-19-9-10-34-25(19)15-20)41-26-8-6-18-3-1-2-4-21(18)28(26)37(29)17-23(30(22)38)32(39)36-11-13-40-14-12-36/h5,7,9-10,15,17-18,21-22,24,26-29,31,34-35H,1-4,6,8,11-14,16H2. The second kappa shape index (κ2) is 10.1. The van der Waals surface area contributed by atoms with Gasteiger partial charge in [0.15, 0.2) is 5.78 Å². The second-order valence-corrected chi connectivity index (χ2v) is 13.0. The van der Waals surface area contributed by atoms with Gasteiger partial charge in [0.05, 0.1) is 43.0 Å². The molecule has 41 heavy (non-hydrogen) atoms. The molecule has 2 saturated heterocycles. The molecule has 3 aliphatic carbocycles. The molecule has 3 saturated carbocycles. The van der Waals surface area contributed by atoms with Gasteiger partial charge in [0.2, 0.25) is 0 Å². The van der Waals surface area contributed by atoms with Crippen LogP contribution in [0.1, 0.15) is 44.9 Å². The number of H-pyrrole nitrogens is 1. The minimum atomic E-state index is -1.29. The van der Waals surface area contributed by atoms with Crippen molar-refractivity contribution in [2.75, 3.05) is 31.6 Å². The van der Waals surface area contributed by atoms with Gasteiger partial charge in [0.1, 0.15) is 12.3 Å². The summed E-state index contributed by atoms with van der Waals surface area (Å²) in [5.74, 6) is 0.0564. The number of benzene rings is 1. The van der Waals surface area contributed by atoms with Gasteiger partial charge in [-0.15, -0.1) is 0 Å². The third-order valence-electron chi connectivity index (χ3n) is 10.9. The zero-order valence-electron chi connectivity index (χ0n) is 23.3. The normalized spacial score (nSPS) is 38.5. The van der Waals surface area contributed by atoms with E-state index in [1.807, 2.05) is 36.7 Å². The van der Waals surface area contributed by atoms with Gasteiger partial charge in [0.25, 0.3) is 5.91 Å². The molecule has 8 nitrogen and oxygen atoms in total. The number of hydrogen-bond donors (Lipinski definition) is 2. The summed E-state index contributed by atoms with van der Waals surface area (Å²) in [5.41, 5.74) is 2.05. The smallest absolute Gasteiger partial charge is 0.259 e. The van der Waals surface area contributed by atoms with Gasteiger partial charge in [0, 0.05) is 42.6 Å². The van der Waals surface area contributed by atoms with Crippen molar-refractivity contribution in [3.8, 4) is 0 Å². The number of rotatable bonds is 3. The van der Waals surface area contributed by atoms with E-state index >= 15 is 4.39 Å². The van der Waals surface area contributed by atoms with Crippen LogP contribution < -0.4 is 5.32 Å². The number of carbonyl (C=O) groups is 2. The van der Waals surface area contributed by atoms with Gasteiger partial charge in [-0.2, -0.15) is 0 Å². The average Bonchev–Trinajstić information content (AvgIpc) is 3.48. The number of aromatic amines is 1. The molecule has 9 atom stereocenters. The van der Waals surface area contributed by atoms with Crippen LogP contribution in [0, 0.1) is 17.8 Å². The Bertz CT molecular complexity index is 1370. The minimum Gasteiger partial charge on any atom is -0.378 e. The highest BCUT2D eigenvalue weighted by molar-refractivity contribution is 6.20. The number of hydrogen-bond acceptors (Lipinski definition) is 6. The first-order valence-electron chi connectivity index (χ1n) is 15.6. The van der Waals surface area contributed by atoms with Crippen molar-refractivity contribution in [3.63, 3.8) is 0 Å². The van der Waals surface area contributed by atoms with E-state index in [9.17, 15) is 9.59 Å². The van der Waals surface area contributed by atoms with Crippen LogP contribution in [-0.2, 0) is 19.1 Å². The molecule has 4 heterocycles. The predicted molar refractivity (Wildman–Crippen MR) is 152 cm³/mol. The highest BCUT2D eigenvalue weighted by Crippen LogP contribution is 2.51. The zero-order chi connectivity index (χ0) is 27.7. The number of fused-ring (bicyclic) bond motifs is 5. The molecule has 0 spiro atoms. The Morgan fingerprint density at radius 2 is 1.90 bits per heavy atom. The Hall–Kier alpha value is -2.91. The van der Waals surface area contributed by atoms with E-state index in [-0.39, 0.29) is 41.9 Å². The maximum atomic E-state index is 16.2. The van der Waals surface area contributed by atoms with Crippen molar-refractivity contribution in [3.05, 3.63) is 42.2 Å². The Labute approximate surface area is 239 Å². The third-order valence-corrected chi connectivity index (χ3v) is 10.9. The van der Waals surface area contributed by atoms with Crippen LogP contribution in [0.5, 0.6) is 0 Å². The Morgan fingerprint density at radius 1 is 1.05 bits per heavy atom. The largest absolute Gasteiger partial charge is 0.378 e. The summed E-state index contributed by atoms with van der Waals surface area (Å²) < 4.78 is 28.6. The first-order valence-corrected chi connectivity index (χ1v) is 15.6. The van der Waals surface area contributed by atoms with Crippen LogP contribution in [0.25, 0.3) is 10.9 Å². The maximum Gasteiger partial charge on any atom is 0.259 e. The number of amides is 1. The number of carbonyl (C=O) groups excluding carboxylic acids is 2. The third kappa shape index (κ3) is 4.22. The van der Waals surface area contributed by atoms with Gasteiger partial charge in [-0.1, -0.05) is 25.3 Å². The van der Waals surface area contributed by atoms with E-state index in [2.05, 4.69) is 15.2 Å². The first kappa shape index (κ1) is 25.8. The molecule has 1 amide bonds. The number of aromatic nitrogens is 1. The van der Waals surface area contributed by atoms with Crippen molar-refractivity contribution in [2.45, 2.75) is 81.5 Å². The van der Waals surface area contributed by atoms with Crippen LogP contribution in [0.3, 0.4) is 0 Å². The summed E-state index contributed by atoms with van der Waals surface area (Å²) in [7, 11) is 0. The molecule has 0 radical (unpaired) electrons. The van der Waals surface area contributed by atoms with Crippen LogP contribution in [0.4, 0.5) is 10.1 Å². The molecule has 8 rings (SSSR count). The molecule has 1 aromatic heterocycles. The lowest BCUT2D eigenvalue weighted by Gasteiger charge is -2.62. The van der Waals surface area contributed by atoms with Crippen LogP contribution in [-0.4, -0.2) is 89.3 Å². The molecular weight excluding hydrogens is 523 g/mol. The fraction of sp³-hybridized carbons (Fsp3) is 0.625. The number of ketones is 1. The SMILES string of the molecule is O=C1C(C(=O)N2CCOCC2)=CN2C3C(CCC4CCCCC43)OC3C(Nc4ccc5cc[nH]c5c4)C(F)CC1C32. The summed E-state index contributed by atoms with van der Waals surface area (Å²) in [6.45, 7) is 1.90. The number of anilines is 1. The Kier molecular flexibility index (Phi) is 6.36. The van der Waals surface area contributed by atoms with E-state index in [1.54, 1.807) is 4.90 Å². The van der Waals surface area contributed by atoms with E-state index in [0.717, 1.165) is 35.9 Å². The Morgan fingerprint density at radius 3 is 2.78 bits per heavy atom. The highest BCUT2D eigenvalue weighted by atomic mass is 19.1. The van der Waals surface area contributed by atoms with Crippen LogP contribution >= 0.6 is 0 Å². The van der Waals surface area contributed by atoms with E-state index in [1.165, 1.54) is 19.3 Å². The molecule has 9 unspecified atom stereocenters. The predicted octanol–water partition coefficient (Wildman–Crippen LogP) is 4.04. The molecule has 1 aromatic carbocycles. The molecule has 0 bridgehead atoms. The average molecular weight is 563 g/mol. The highest BCUT2D eigenvalue weighted by Gasteiger charge is 2.60. The molecule has 218 valence electrons. The molecule has 2 N–H and O–H groups in total. The molecule has 6 aliphatic rings. The van der Waals surface area contributed by atoms with Crippen LogP contribution in [0.2, 0.25) is 0 Å². The minimum absolute atomic E-state index is 0.0408. The van der Waals surface area contributed by atoms with Crippen molar-refractivity contribution in [1.82, 2.24) is 14.8 Å². The lowest BCUT2D eigenvalue weighted by molar-refractivity contribution is -0.209. The molecular formula is C32H39FN4O4. The first-order chi connectivity index (χ1) is 20.1. The number of nitrogens with one attached hydrogen (secondary N) is 2. The summed E-state index contributed by atoms with van der Waals surface area (Å²) in [5, 5.41) is 4.59. The summed E-state index contributed by atoms with van der Waals surface area (Å²) in [4.78, 5) is 35.1. The number of nitrogens with zero attached hydrogens (tertiary/aromatic N) is 2. The number of alkyl halides is 1. The lowest BCUT2D eigenvalue weighted by atomic mass is 9.63. The van der Waals surface area contributed by atoms with Crippen molar-refractivity contribution in [2.24, 2.45) is 17.8 Å². The van der Waals surface area contributed by atoms with Gasteiger partial charge in [-0.05, 0) is 61.1 Å². The number of ether oxygens (including phenoxy) is 2. The summed E-state index contributed by atoms with van der Waals surface area (Å²) >= 11 is 0. The van der Waals surface area contributed by atoms with Crippen molar-refractivity contribution >= 4 is 28.3 Å². The summed E-state index contributed by atoms with van der Waals surface area (Å²) in [6.07, 6.45) is 8.96. The summed E-state index contributed by atoms with van der Waals surface area (Å²) in [6, 6.07) is 7.27. The lowest BCUT2D eigenvalue weighted by Crippen LogP contribution is -2.73. The topological polar surface area (TPSA) is 86.9 Å². The fourth-order valence-electron chi connectivity index (χ4n) is 9.00. The number of morpholine rings is 2. The fourth-order valence-corrected chi connectivity index (χ4v) is 9.00. The Balaban J connectivity index is 1.17. The van der Waals surface area contributed by atoms with E-state index in [4.69, 9.17) is 9.47 Å². The van der Waals surface area contributed by atoms with Gasteiger partial charge >= 0.3 is 0 Å². The monoisotopic (exact) mass is 562 g/mol. The molecule has 5 fully saturated rings. The quantitative estimate of drug-likeness (QED) is 0.550. The second-order valence-electron chi connectivity index (χ2n) is 13.0. The van der Waals surface area contributed by atoms with Gasteiger partial charge in [-0.25, -0.2) is 4.39 Å². The van der Waals surface area contributed by atoms with Crippen molar-refractivity contribution in [1.29, 1.82) is 0 Å².